The average molecular weight is 704 g/mol. The Morgan fingerprint density at radius 2 is 1.25 bits per heavy atom. The predicted molar refractivity (Wildman–Crippen MR) is 165 cm³/mol. The molecule has 0 spiro atoms. The zero-order valence-corrected chi connectivity index (χ0v) is 29.4. The van der Waals surface area contributed by atoms with E-state index in [1.165, 1.54) is 13.8 Å². The van der Waals surface area contributed by atoms with Gasteiger partial charge in [0.25, 0.3) is 11.8 Å². The lowest BCUT2D eigenvalue weighted by Crippen LogP contribution is -2.42. The summed E-state index contributed by atoms with van der Waals surface area (Å²) in [6.45, 7) is 19.8. The third-order valence-electron chi connectivity index (χ3n) is 4.98. The molecule has 1 saturated heterocycles. The molecule has 278 valence electrons. The van der Waals surface area contributed by atoms with E-state index in [0.29, 0.717) is 13.1 Å². The molecule has 1 aliphatic heterocycles. The molecule has 12 nitrogen and oxygen atoms in total. The summed E-state index contributed by atoms with van der Waals surface area (Å²) in [6.07, 6.45) is -0.905. The van der Waals surface area contributed by atoms with Gasteiger partial charge in [-0.05, 0) is 76.2 Å². The van der Waals surface area contributed by atoms with Gasteiger partial charge in [0.2, 0.25) is 29.1 Å². The van der Waals surface area contributed by atoms with Crippen LogP contribution in [0, 0.1) is 29.1 Å². The Bertz CT molecular complexity index is 1150. The van der Waals surface area contributed by atoms with E-state index in [-0.39, 0.29) is 49.5 Å². The van der Waals surface area contributed by atoms with Crippen molar-refractivity contribution in [3.05, 3.63) is 29.1 Å². The fourth-order valence-corrected chi connectivity index (χ4v) is 3.12. The minimum atomic E-state index is -2.19. The van der Waals surface area contributed by atoms with E-state index in [1.54, 1.807) is 53.4 Å². The van der Waals surface area contributed by atoms with Gasteiger partial charge in [-0.1, -0.05) is 0 Å². The standard InChI is InChI=1S/C12H24N2O4.C9H7F5O.C7H11NO3.C3H8O/c1-9(2)14(8-10(15)16)7-6-13-11(17)18-12(3,4)5;1-3(2)15-9-7(13)5(11)4(10)6(12)8(9)14;1-5(2)11-8-6(9)3-4-7(8)10;1-3(2)4/h9H,6-8H2,1-5H3,(H,13,17)(H,15,16);3H,1-2H3;5H,3-4H2,1-2H3;3-4H,1-2H3. The molecule has 0 atom stereocenters. The average Bonchev–Trinajstić information content (AvgIpc) is 3.23. The van der Waals surface area contributed by atoms with Gasteiger partial charge in [-0.3, -0.25) is 24.1 Å². The van der Waals surface area contributed by atoms with Crippen LogP contribution in [0.25, 0.3) is 0 Å². The van der Waals surface area contributed by atoms with Crippen LogP contribution in [0.15, 0.2) is 0 Å². The maximum Gasteiger partial charge on any atom is 0.407 e. The van der Waals surface area contributed by atoms with Crippen molar-refractivity contribution in [2.24, 2.45) is 0 Å². The van der Waals surface area contributed by atoms with Gasteiger partial charge in [0.1, 0.15) is 5.60 Å². The monoisotopic (exact) mass is 703 g/mol. The van der Waals surface area contributed by atoms with Crippen LogP contribution in [0.1, 0.15) is 89.0 Å². The fraction of sp³-hybridized carbons (Fsp3) is 0.677. The summed E-state index contributed by atoms with van der Waals surface area (Å²) in [5.41, 5.74) is -0.525. The van der Waals surface area contributed by atoms with Gasteiger partial charge in [0.05, 0.1) is 18.8 Å². The number of benzene rings is 1. The first-order valence-electron chi connectivity index (χ1n) is 15.1. The Morgan fingerprint density at radius 1 is 0.833 bits per heavy atom. The summed E-state index contributed by atoms with van der Waals surface area (Å²) in [5, 5.41) is 20.3. The van der Waals surface area contributed by atoms with Crippen LogP contribution in [0.2, 0.25) is 0 Å². The van der Waals surface area contributed by atoms with Gasteiger partial charge < -0.3 is 25.0 Å². The number of ether oxygens (including phenoxy) is 2. The maximum atomic E-state index is 12.9. The van der Waals surface area contributed by atoms with Crippen molar-refractivity contribution in [1.29, 1.82) is 0 Å². The molecule has 1 aromatic rings. The molecule has 48 heavy (non-hydrogen) atoms. The Morgan fingerprint density at radius 3 is 1.58 bits per heavy atom. The number of hydroxylamine groups is 2. The molecule has 1 aliphatic rings. The zero-order valence-electron chi connectivity index (χ0n) is 29.4. The van der Waals surface area contributed by atoms with Crippen LogP contribution in [0.3, 0.4) is 0 Å². The molecule has 2 rings (SSSR count). The number of carbonyl (C=O) groups is 4. The van der Waals surface area contributed by atoms with Crippen molar-refractivity contribution in [1.82, 2.24) is 15.3 Å². The van der Waals surface area contributed by atoms with Crippen molar-refractivity contribution < 1.29 is 65.7 Å². The number of hydrogen-bond donors (Lipinski definition) is 3. The SMILES string of the molecule is CC(C)N(CCNC(=O)OC(C)(C)C)CC(=O)O.CC(C)O.CC(C)ON1C(=O)CCC1=O.CC(C)Oc1c(F)c(F)c(F)c(F)c1F. The molecule has 0 unspecified atom stereocenters. The number of hydrogen-bond acceptors (Lipinski definition) is 9. The number of rotatable bonds is 10. The normalized spacial score (nSPS) is 12.8. The number of nitrogens with one attached hydrogen (secondary N) is 1. The fourth-order valence-electron chi connectivity index (χ4n) is 3.12. The van der Waals surface area contributed by atoms with E-state index in [4.69, 9.17) is 19.8 Å². The number of aliphatic hydroxyl groups excluding tert-OH is 1. The molecule has 3 N–H and O–H groups in total. The highest BCUT2D eigenvalue weighted by atomic mass is 19.2. The van der Waals surface area contributed by atoms with Crippen LogP contribution < -0.4 is 10.1 Å². The molecule has 0 saturated carbocycles. The van der Waals surface area contributed by atoms with Crippen molar-refractivity contribution in [2.75, 3.05) is 19.6 Å². The molecule has 0 bridgehead atoms. The molecule has 1 fully saturated rings. The summed E-state index contributed by atoms with van der Waals surface area (Å²) < 4.78 is 73.2. The van der Waals surface area contributed by atoms with Crippen LogP contribution in [-0.2, 0) is 24.0 Å². The van der Waals surface area contributed by atoms with Gasteiger partial charge in [-0.2, -0.15) is 13.8 Å². The third kappa shape index (κ3) is 19.9. The predicted octanol–water partition coefficient (Wildman–Crippen LogP) is 5.34. The lowest BCUT2D eigenvalue weighted by Gasteiger charge is -2.25. The third-order valence-corrected chi connectivity index (χ3v) is 4.98. The van der Waals surface area contributed by atoms with Gasteiger partial charge in [0, 0.05) is 38.1 Å². The number of carbonyl (C=O) groups excluding carboxylic acids is 3. The highest BCUT2D eigenvalue weighted by molar-refractivity contribution is 6.00. The highest BCUT2D eigenvalue weighted by Gasteiger charge is 2.31. The van der Waals surface area contributed by atoms with E-state index in [1.807, 2.05) is 13.8 Å². The summed E-state index contributed by atoms with van der Waals surface area (Å²) in [4.78, 5) is 50.5. The van der Waals surface area contributed by atoms with Crippen LogP contribution in [0.5, 0.6) is 5.75 Å². The minimum absolute atomic E-state index is 0.0341. The number of amides is 3. The summed E-state index contributed by atoms with van der Waals surface area (Å²) in [6, 6.07) is 0.113. The first-order chi connectivity index (χ1) is 21.8. The number of halogens is 5. The zero-order chi connectivity index (χ0) is 38.1. The molecule has 0 aromatic heterocycles. The Kier molecular flexibility index (Phi) is 21.5. The molecule has 17 heteroatoms. The molecule has 3 amide bonds. The van der Waals surface area contributed by atoms with Crippen LogP contribution in [0.4, 0.5) is 26.7 Å². The van der Waals surface area contributed by atoms with Crippen molar-refractivity contribution >= 4 is 23.9 Å². The number of carboxylic acid groups (broad SMARTS) is 1. The summed E-state index contributed by atoms with van der Waals surface area (Å²) in [5.74, 6) is -12.7. The highest BCUT2D eigenvalue weighted by Crippen LogP contribution is 2.29. The van der Waals surface area contributed by atoms with E-state index in [0.717, 1.165) is 5.06 Å². The Balaban J connectivity index is 0. The number of aliphatic hydroxyl groups is 1. The van der Waals surface area contributed by atoms with Gasteiger partial charge in [0.15, 0.2) is 5.75 Å². The van der Waals surface area contributed by atoms with Crippen molar-refractivity contribution in [2.45, 2.75) is 119 Å². The summed E-state index contributed by atoms with van der Waals surface area (Å²) >= 11 is 0. The van der Waals surface area contributed by atoms with E-state index >= 15 is 0 Å². The quantitative estimate of drug-likeness (QED) is 0.126. The van der Waals surface area contributed by atoms with Crippen LogP contribution >= 0.6 is 0 Å². The number of carboxylic acids is 1. The smallest absolute Gasteiger partial charge is 0.407 e. The lowest BCUT2D eigenvalue weighted by atomic mass is 10.2. The second-order valence-electron chi connectivity index (χ2n) is 12.3. The first-order valence-corrected chi connectivity index (χ1v) is 15.1. The van der Waals surface area contributed by atoms with Crippen molar-refractivity contribution in [3.63, 3.8) is 0 Å². The minimum Gasteiger partial charge on any atom is -0.485 e. The Labute approximate surface area is 278 Å². The number of aliphatic carboxylic acids is 1. The molecule has 0 aliphatic carbocycles. The molecule has 0 radical (unpaired) electrons. The largest absolute Gasteiger partial charge is 0.485 e. The Hall–Kier alpha value is -3.57. The number of imide groups is 1. The van der Waals surface area contributed by atoms with Gasteiger partial charge in [-0.25, -0.2) is 18.0 Å². The maximum absolute atomic E-state index is 12.9. The second-order valence-corrected chi connectivity index (χ2v) is 12.3. The summed E-state index contributed by atoms with van der Waals surface area (Å²) in [7, 11) is 0. The molecule has 1 heterocycles. The molecular weight excluding hydrogens is 653 g/mol. The van der Waals surface area contributed by atoms with E-state index in [2.05, 4.69) is 10.1 Å². The van der Waals surface area contributed by atoms with E-state index < -0.39 is 58.6 Å². The molecule has 1 aromatic carbocycles. The second kappa shape index (κ2) is 22.1. The van der Waals surface area contributed by atoms with Crippen LogP contribution in [-0.4, -0.2) is 93.6 Å². The van der Waals surface area contributed by atoms with Gasteiger partial charge >= 0.3 is 12.1 Å². The number of alkyl carbamates (subject to hydrolysis) is 1. The first kappa shape index (κ1) is 46.5. The number of nitrogens with zero attached hydrogens (tertiary/aromatic N) is 2. The molecular formula is C31H50F5N3O9. The van der Waals surface area contributed by atoms with Gasteiger partial charge in [-0.15, -0.1) is 0 Å². The topological polar surface area (TPSA) is 155 Å². The lowest BCUT2D eigenvalue weighted by molar-refractivity contribution is -0.198. The van der Waals surface area contributed by atoms with Crippen molar-refractivity contribution in [3.8, 4) is 5.75 Å². The van der Waals surface area contributed by atoms with E-state index in [9.17, 15) is 41.1 Å².